The van der Waals surface area contributed by atoms with Gasteiger partial charge < -0.3 is 14.8 Å². The van der Waals surface area contributed by atoms with Gasteiger partial charge in [-0.1, -0.05) is 18.2 Å². The molecule has 1 aromatic carbocycles. The third kappa shape index (κ3) is 8.08. The number of aromatic nitrogens is 2. The number of benzene rings is 1. The number of fused-ring (bicyclic) bond motifs is 1. The first-order valence-corrected chi connectivity index (χ1v) is 17.8. The first-order chi connectivity index (χ1) is 21.9. The van der Waals surface area contributed by atoms with E-state index in [1.165, 1.54) is 11.3 Å². The van der Waals surface area contributed by atoms with Crippen LogP contribution in [0.3, 0.4) is 0 Å². The number of alkyl halides is 3. The van der Waals surface area contributed by atoms with Crippen LogP contribution in [0.2, 0.25) is 0 Å². The molecule has 1 aliphatic carbocycles. The number of piperidine rings is 1. The van der Waals surface area contributed by atoms with Gasteiger partial charge in [0.2, 0.25) is 0 Å². The van der Waals surface area contributed by atoms with Gasteiger partial charge in [0.1, 0.15) is 9.22 Å². The van der Waals surface area contributed by atoms with E-state index in [-0.39, 0.29) is 11.9 Å². The summed E-state index contributed by atoms with van der Waals surface area (Å²) < 4.78 is 66.2. The first-order valence-electron chi connectivity index (χ1n) is 14.7. The quantitative estimate of drug-likeness (QED) is 0.183. The van der Waals surface area contributed by atoms with Gasteiger partial charge >= 0.3 is 18.1 Å². The fourth-order valence-corrected chi connectivity index (χ4v) is 8.80. The molecule has 2 fully saturated rings. The summed E-state index contributed by atoms with van der Waals surface area (Å²) in [4.78, 5) is 32.7. The van der Waals surface area contributed by atoms with E-state index >= 15 is 0 Å². The molecular formula is C30H33F3N4O6S3. The van der Waals surface area contributed by atoms with Crippen molar-refractivity contribution in [2.45, 2.75) is 49.5 Å². The van der Waals surface area contributed by atoms with Gasteiger partial charge in [-0.2, -0.15) is 13.2 Å². The number of thiophene rings is 1. The highest BCUT2D eigenvalue weighted by Gasteiger charge is 2.38. The lowest BCUT2D eigenvalue weighted by Crippen LogP contribution is -2.38. The molecule has 248 valence electrons. The van der Waals surface area contributed by atoms with Crippen molar-refractivity contribution in [3.63, 3.8) is 0 Å². The largest absolute Gasteiger partial charge is 0.490 e. The van der Waals surface area contributed by atoms with Gasteiger partial charge in [0.05, 0.1) is 29.4 Å². The number of likely N-dealkylation sites (tertiary alicyclic amines) is 1. The lowest BCUT2D eigenvalue weighted by Gasteiger charge is -2.30. The van der Waals surface area contributed by atoms with E-state index in [9.17, 15) is 26.4 Å². The number of sulfonamides is 1. The number of anilines is 1. The number of para-hydroxylation sites is 1. The molecule has 0 bridgehead atoms. The van der Waals surface area contributed by atoms with Crippen LogP contribution in [0.15, 0.2) is 52.2 Å². The molecule has 3 aromatic heterocycles. The highest BCUT2D eigenvalue weighted by Crippen LogP contribution is 2.39. The number of H-pyrrole nitrogens is 1. The Labute approximate surface area is 271 Å². The molecule has 10 nitrogen and oxygen atoms in total. The normalized spacial score (nSPS) is 17.3. The SMILES string of the molecule is CCOC(=O)C1CCCN(Cc2cnc(-c3cc4cccc(N(CC5CC5)S(=O)(=O)c5cccs5)c4[nH]3)s2)C1.O=C(O)C(F)(F)F. The molecule has 2 aliphatic rings. The molecule has 1 saturated heterocycles. The van der Waals surface area contributed by atoms with Crippen LogP contribution in [0.1, 0.15) is 37.5 Å². The topological polar surface area (TPSA) is 133 Å². The molecule has 1 saturated carbocycles. The number of ether oxygens (including phenoxy) is 1. The second kappa shape index (κ2) is 14.1. The summed E-state index contributed by atoms with van der Waals surface area (Å²) in [5, 5.41) is 10.7. The standard InChI is InChI=1S/C28H32N4O4S3.C2HF3O2/c1-2-36-28(33)21-7-4-12-31(17-21)18-22-15-29-27(38-22)23-14-20-6-3-8-24(26(20)30-23)32(16-19-10-11-19)39(34,35)25-9-5-13-37-25;3-2(4,5)1(6)7/h3,5-6,8-9,13-15,19,21,30H,2,4,7,10-12,16-18H2,1H3;(H,6,7). The summed E-state index contributed by atoms with van der Waals surface area (Å²) >= 11 is 2.87. The van der Waals surface area contributed by atoms with Gasteiger partial charge in [-0.15, -0.1) is 22.7 Å². The van der Waals surface area contributed by atoms with Crippen LogP contribution in [0.4, 0.5) is 18.9 Å². The predicted octanol–water partition coefficient (Wildman–Crippen LogP) is 6.37. The van der Waals surface area contributed by atoms with Crippen molar-refractivity contribution >= 4 is 61.2 Å². The molecule has 4 aromatic rings. The Hall–Kier alpha value is -3.47. The molecule has 4 heterocycles. The van der Waals surface area contributed by atoms with Crippen molar-refractivity contribution in [3.05, 3.63) is 52.9 Å². The Balaban J connectivity index is 0.000000537. The smallest absolute Gasteiger partial charge is 0.475 e. The molecular weight excluding hydrogens is 666 g/mol. The fourth-order valence-electron chi connectivity index (χ4n) is 5.22. The van der Waals surface area contributed by atoms with E-state index in [0.717, 1.165) is 65.3 Å². The number of halogens is 3. The first kappa shape index (κ1) is 33.9. The van der Waals surface area contributed by atoms with Crippen LogP contribution in [-0.4, -0.2) is 72.7 Å². The average molecular weight is 699 g/mol. The van der Waals surface area contributed by atoms with Gasteiger partial charge in [-0.25, -0.2) is 18.2 Å². The minimum atomic E-state index is -5.08. The second-order valence-corrected chi connectivity index (χ2v) is 15.2. The molecule has 1 aliphatic heterocycles. The Morgan fingerprint density at radius 3 is 2.61 bits per heavy atom. The van der Waals surface area contributed by atoms with Crippen LogP contribution in [0.5, 0.6) is 0 Å². The molecule has 1 atom stereocenters. The number of carbonyl (C=O) groups is 2. The number of hydrogen-bond donors (Lipinski definition) is 2. The lowest BCUT2D eigenvalue weighted by molar-refractivity contribution is -0.192. The van der Waals surface area contributed by atoms with E-state index in [4.69, 9.17) is 19.6 Å². The monoisotopic (exact) mass is 698 g/mol. The lowest BCUT2D eigenvalue weighted by atomic mass is 9.98. The van der Waals surface area contributed by atoms with Crippen LogP contribution >= 0.6 is 22.7 Å². The zero-order chi connectivity index (χ0) is 33.1. The maximum absolute atomic E-state index is 13.7. The molecule has 2 N–H and O–H groups in total. The number of esters is 1. The number of aromatic amines is 1. The number of carboxylic acid groups (broad SMARTS) is 1. The number of aliphatic carboxylic acids is 1. The highest BCUT2D eigenvalue weighted by molar-refractivity contribution is 7.94. The van der Waals surface area contributed by atoms with Gasteiger partial charge in [0.15, 0.2) is 0 Å². The van der Waals surface area contributed by atoms with E-state index in [1.807, 2.05) is 37.4 Å². The predicted molar refractivity (Wildman–Crippen MR) is 169 cm³/mol. The highest BCUT2D eigenvalue weighted by atomic mass is 32.2. The maximum atomic E-state index is 13.7. The second-order valence-electron chi connectivity index (χ2n) is 11.1. The fraction of sp³-hybridized carbons (Fsp3) is 0.433. The van der Waals surface area contributed by atoms with Gasteiger partial charge in [-0.3, -0.25) is 14.0 Å². The number of hydrogen-bond acceptors (Lipinski definition) is 9. The molecule has 16 heteroatoms. The van der Waals surface area contributed by atoms with Crippen LogP contribution < -0.4 is 4.31 Å². The number of carboxylic acids is 1. The number of rotatable bonds is 10. The summed E-state index contributed by atoms with van der Waals surface area (Å²) in [5.41, 5.74) is 2.35. The summed E-state index contributed by atoms with van der Waals surface area (Å²) in [6.45, 7) is 5.15. The van der Waals surface area contributed by atoms with Crippen molar-refractivity contribution in [3.8, 4) is 10.7 Å². The van der Waals surface area contributed by atoms with Crippen molar-refractivity contribution in [1.29, 1.82) is 0 Å². The third-order valence-electron chi connectivity index (χ3n) is 7.59. The minimum Gasteiger partial charge on any atom is -0.475 e. The Morgan fingerprint density at radius 1 is 1.20 bits per heavy atom. The number of nitrogens with one attached hydrogen (secondary N) is 1. The molecule has 0 radical (unpaired) electrons. The molecule has 46 heavy (non-hydrogen) atoms. The van der Waals surface area contributed by atoms with Crippen LogP contribution in [0.25, 0.3) is 21.6 Å². The third-order valence-corrected chi connectivity index (χ3v) is 11.8. The number of thiazole rings is 1. The van der Waals surface area contributed by atoms with E-state index < -0.39 is 22.2 Å². The summed E-state index contributed by atoms with van der Waals surface area (Å²) in [7, 11) is -3.66. The van der Waals surface area contributed by atoms with Crippen molar-refractivity contribution in [2.75, 3.05) is 30.5 Å². The van der Waals surface area contributed by atoms with E-state index in [1.54, 1.807) is 33.2 Å². The molecule has 0 amide bonds. The van der Waals surface area contributed by atoms with Gasteiger partial charge in [-0.05, 0) is 68.6 Å². The van der Waals surface area contributed by atoms with Gasteiger partial charge in [0, 0.05) is 36.1 Å². The number of nitrogens with zero attached hydrogens (tertiary/aromatic N) is 3. The Bertz CT molecular complexity index is 1770. The van der Waals surface area contributed by atoms with E-state index in [2.05, 4.69) is 9.88 Å². The Kier molecular flexibility index (Phi) is 10.4. The molecule has 6 rings (SSSR count). The molecule has 0 spiro atoms. The molecule has 1 unspecified atom stereocenters. The zero-order valence-corrected chi connectivity index (χ0v) is 27.3. The van der Waals surface area contributed by atoms with Crippen molar-refractivity contribution in [1.82, 2.24) is 14.9 Å². The van der Waals surface area contributed by atoms with Crippen LogP contribution in [0, 0.1) is 11.8 Å². The average Bonchev–Trinajstić information content (AvgIpc) is 3.37. The van der Waals surface area contributed by atoms with Crippen LogP contribution in [-0.2, 0) is 30.9 Å². The van der Waals surface area contributed by atoms with Gasteiger partial charge in [0.25, 0.3) is 10.0 Å². The van der Waals surface area contributed by atoms with E-state index in [0.29, 0.717) is 35.5 Å². The minimum absolute atomic E-state index is 0.0674. The summed E-state index contributed by atoms with van der Waals surface area (Å²) in [6.07, 6.45) is 0.789. The Morgan fingerprint density at radius 2 is 1.96 bits per heavy atom. The van der Waals surface area contributed by atoms with Crippen molar-refractivity contribution < 1.29 is 41.0 Å². The summed E-state index contributed by atoms with van der Waals surface area (Å²) in [6, 6.07) is 11.3. The number of carbonyl (C=O) groups excluding carboxylic acids is 1. The van der Waals surface area contributed by atoms with Crippen molar-refractivity contribution in [2.24, 2.45) is 11.8 Å². The maximum Gasteiger partial charge on any atom is 0.490 e. The summed E-state index contributed by atoms with van der Waals surface area (Å²) in [5.74, 6) is -2.53. The zero-order valence-electron chi connectivity index (χ0n) is 24.8.